The van der Waals surface area contributed by atoms with Gasteiger partial charge in [-0.05, 0) is 30.5 Å². The third-order valence-corrected chi connectivity index (χ3v) is 4.13. The summed E-state index contributed by atoms with van der Waals surface area (Å²) in [6.07, 6.45) is 1.34. The van der Waals surface area contributed by atoms with Crippen molar-refractivity contribution in [2.24, 2.45) is 11.1 Å². The van der Waals surface area contributed by atoms with E-state index in [0.717, 1.165) is 19.5 Å². The molecule has 6 heteroatoms. The number of hydrogen-bond donors (Lipinski definition) is 1. The monoisotopic (exact) mass is 332 g/mol. The van der Waals surface area contributed by atoms with E-state index in [-0.39, 0.29) is 23.7 Å². The first-order valence-corrected chi connectivity index (χ1v) is 7.27. The largest absolute Gasteiger partial charge is 0.491 e. The van der Waals surface area contributed by atoms with Gasteiger partial charge in [0.05, 0.1) is 18.1 Å². The average Bonchev–Trinajstić information content (AvgIpc) is 2.84. The van der Waals surface area contributed by atoms with Gasteiger partial charge in [-0.3, -0.25) is 4.79 Å². The number of ether oxygens (including phenoxy) is 1. The Morgan fingerprint density at radius 2 is 2.19 bits per heavy atom. The summed E-state index contributed by atoms with van der Waals surface area (Å²) < 4.78 is 5.54. The van der Waals surface area contributed by atoms with Gasteiger partial charge in [-0.1, -0.05) is 30.7 Å². The maximum absolute atomic E-state index is 12.1. The molecule has 0 aromatic heterocycles. The van der Waals surface area contributed by atoms with Gasteiger partial charge in [-0.25, -0.2) is 0 Å². The molecule has 0 radical (unpaired) electrons. The molecule has 1 aromatic carbocycles. The van der Waals surface area contributed by atoms with E-state index < -0.39 is 0 Å². The lowest BCUT2D eigenvalue weighted by Crippen LogP contribution is -2.35. The molecule has 0 aliphatic carbocycles. The Labute approximate surface area is 137 Å². The molecule has 1 heterocycles. The number of nitrogens with zero attached hydrogens (tertiary/aromatic N) is 1. The first kappa shape index (κ1) is 18.1. The van der Waals surface area contributed by atoms with E-state index in [1.807, 2.05) is 17.0 Å². The van der Waals surface area contributed by atoms with Crippen LogP contribution in [0.2, 0.25) is 5.02 Å². The second-order valence-corrected chi connectivity index (χ2v) is 6.02. The van der Waals surface area contributed by atoms with Crippen molar-refractivity contribution < 1.29 is 9.53 Å². The molecule has 0 bridgehead atoms. The predicted molar refractivity (Wildman–Crippen MR) is 87.2 cm³/mol. The Hall–Kier alpha value is -0.970. The zero-order chi connectivity index (χ0) is 14.6. The number of benzene rings is 1. The smallest absolute Gasteiger partial charge is 0.226 e. The normalized spacial score (nSPS) is 21.0. The molecule has 1 aliphatic heterocycles. The predicted octanol–water partition coefficient (Wildman–Crippen LogP) is 2.73. The van der Waals surface area contributed by atoms with Crippen LogP contribution in [0.25, 0.3) is 0 Å². The topological polar surface area (TPSA) is 55.6 Å². The van der Waals surface area contributed by atoms with Crippen LogP contribution in [0.15, 0.2) is 24.3 Å². The van der Waals surface area contributed by atoms with E-state index in [1.165, 1.54) is 0 Å². The first-order chi connectivity index (χ1) is 9.54. The van der Waals surface area contributed by atoms with E-state index in [1.54, 1.807) is 12.1 Å². The van der Waals surface area contributed by atoms with Crippen molar-refractivity contribution in [3.63, 3.8) is 0 Å². The van der Waals surface area contributed by atoms with Crippen LogP contribution in [-0.4, -0.2) is 37.0 Å². The molecule has 118 valence electrons. The number of carbonyl (C=O) groups is 1. The fourth-order valence-electron chi connectivity index (χ4n) is 2.37. The first-order valence-electron chi connectivity index (χ1n) is 6.89. The van der Waals surface area contributed by atoms with Crippen molar-refractivity contribution in [1.82, 2.24) is 4.90 Å². The third kappa shape index (κ3) is 4.77. The Kier molecular flexibility index (Phi) is 6.78. The van der Waals surface area contributed by atoms with Gasteiger partial charge in [0.2, 0.25) is 5.91 Å². The maximum atomic E-state index is 12.1. The fourth-order valence-corrected chi connectivity index (χ4v) is 2.56. The molecule has 2 rings (SSSR count). The number of halogens is 2. The lowest BCUT2D eigenvalue weighted by Gasteiger charge is -2.22. The van der Waals surface area contributed by atoms with Gasteiger partial charge in [0, 0.05) is 13.1 Å². The van der Waals surface area contributed by atoms with Crippen molar-refractivity contribution in [3.8, 4) is 5.75 Å². The molecule has 21 heavy (non-hydrogen) atoms. The lowest BCUT2D eigenvalue weighted by molar-refractivity contribution is -0.131. The molecule has 2 N–H and O–H groups in total. The van der Waals surface area contributed by atoms with Gasteiger partial charge >= 0.3 is 0 Å². The van der Waals surface area contributed by atoms with Crippen molar-refractivity contribution in [1.29, 1.82) is 0 Å². The maximum Gasteiger partial charge on any atom is 0.226 e. The highest BCUT2D eigenvalue weighted by Gasteiger charge is 2.34. The standard InChI is InChI=1S/C15H21ClN2O2.ClH/c1-15(10-17)7-8-18(11-15)14(19)6-9-20-13-5-3-2-4-12(13)16;/h2-5H,6-11,17H2,1H3;1H. The molecule has 1 unspecified atom stereocenters. The van der Waals surface area contributed by atoms with Crippen LogP contribution < -0.4 is 10.5 Å². The number of rotatable bonds is 5. The van der Waals surface area contributed by atoms with Gasteiger partial charge < -0.3 is 15.4 Å². The van der Waals surface area contributed by atoms with E-state index >= 15 is 0 Å². The molecule has 0 spiro atoms. The van der Waals surface area contributed by atoms with Crippen LogP contribution in [0, 0.1) is 5.41 Å². The Bertz CT molecular complexity index is 484. The second kappa shape index (κ2) is 7.87. The minimum Gasteiger partial charge on any atom is -0.491 e. The molecule has 0 saturated carbocycles. The van der Waals surface area contributed by atoms with Crippen molar-refractivity contribution in [2.75, 3.05) is 26.2 Å². The summed E-state index contributed by atoms with van der Waals surface area (Å²) in [5, 5.41) is 0.567. The molecule has 1 atom stereocenters. The summed E-state index contributed by atoms with van der Waals surface area (Å²) in [5.74, 6) is 0.740. The second-order valence-electron chi connectivity index (χ2n) is 5.61. The van der Waals surface area contributed by atoms with Crippen LogP contribution in [-0.2, 0) is 4.79 Å². The van der Waals surface area contributed by atoms with Crippen LogP contribution in [0.5, 0.6) is 5.75 Å². The van der Waals surface area contributed by atoms with E-state index in [9.17, 15) is 4.79 Å². The zero-order valence-corrected chi connectivity index (χ0v) is 13.8. The van der Waals surface area contributed by atoms with Crippen LogP contribution >= 0.6 is 24.0 Å². The van der Waals surface area contributed by atoms with Gasteiger partial charge in [0.25, 0.3) is 0 Å². The summed E-state index contributed by atoms with van der Waals surface area (Å²) >= 11 is 5.99. The van der Waals surface area contributed by atoms with Crippen molar-refractivity contribution in [2.45, 2.75) is 19.8 Å². The quantitative estimate of drug-likeness (QED) is 0.901. The van der Waals surface area contributed by atoms with Crippen molar-refractivity contribution in [3.05, 3.63) is 29.3 Å². The van der Waals surface area contributed by atoms with Crippen LogP contribution in [0.3, 0.4) is 0 Å². The van der Waals surface area contributed by atoms with Crippen molar-refractivity contribution >= 4 is 29.9 Å². The number of amides is 1. The van der Waals surface area contributed by atoms with Gasteiger partial charge in [-0.2, -0.15) is 0 Å². The molecule has 1 aliphatic rings. The summed E-state index contributed by atoms with van der Waals surface area (Å²) in [4.78, 5) is 14.0. The highest BCUT2D eigenvalue weighted by atomic mass is 35.5. The van der Waals surface area contributed by atoms with Gasteiger partial charge in [0.1, 0.15) is 5.75 Å². The van der Waals surface area contributed by atoms with Gasteiger partial charge in [0.15, 0.2) is 0 Å². The lowest BCUT2D eigenvalue weighted by atomic mass is 9.90. The zero-order valence-electron chi connectivity index (χ0n) is 12.2. The highest BCUT2D eigenvalue weighted by Crippen LogP contribution is 2.29. The van der Waals surface area contributed by atoms with E-state index in [2.05, 4.69) is 6.92 Å². The fraction of sp³-hybridized carbons (Fsp3) is 0.533. The number of likely N-dealkylation sites (tertiary alicyclic amines) is 1. The number of carbonyl (C=O) groups excluding carboxylic acids is 1. The van der Waals surface area contributed by atoms with Gasteiger partial charge in [-0.15, -0.1) is 12.4 Å². The minimum atomic E-state index is 0. The summed E-state index contributed by atoms with van der Waals surface area (Å²) in [6.45, 7) is 4.62. The number of para-hydroxylation sites is 1. The van der Waals surface area contributed by atoms with Crippen LogP contribution in [0.1, 0.15) is 19.8 Å². The highest BCUT2D eigenvalue weighted by molar-refractivity contribution is 6.32. The Balaban J connectivity index is 0.00000220. The third-order valence-electron chi connectivity index (χ3n) is 3.81. The molecular weight excluding hydrogens is 311 g/mol. The Morgan fingerprint density at radius 3 is 2.81 bits per heavy atom. The minimum absolute atomic E-state index is 0. The van der Waals surface area contributed by atoms with E-state index in [0.29, 0.717) is 30.3 Å². The molecule has 1 amide bonds. The van der Waals surface area contributed by atoms with Crippen LogP contribution in [0.4, 0.5) is 0 Å². The molecular formula is C15H22Cl2N2O2. The number of nitrogens with two attached hydrogens (primary N) is 1. The number of hydrogen-bond acceptors (Lipinski definition) is 3. The summed E-state index contributed by atoms with van der Waals surface area (Å²) in [6, 6.07) is 7.27. The average molecular weight is 333 g/mol. The molecule has 1 saturated heterocycles. The molecule has 1 aromatic rings. The SMILES string of the molecule is CC1(CN)CCN(C(=O)CCOc2ccccc2Cl)C1.Cl. The molecule has 1 fully saturated rings. The Morgan fingerprint density at radius 1 is 1.48 bits per heavy atom. The summed E-state index contributed by atoms with van der Waals surface area (Å²) in [7, 11) is 0. The molecule has 4 nitrogen and oxygen atoms in total. The summed E-state index contributed by atoms with van der Waals surface area (Å²) in [5.41, 5.74) is 5.81. The van der Waals surface area contributed by atoms with E-state index in [4.69, 9.17) is 22.1 Å².